The SMILES string of the molecule is C=CCNC(=O)COc1ccc(OC)cc1CO. The van der Waals surface area contributed by atoms with Crippen LogP contribution in [0.3, 0.4) is 0 Å². The van der Waals surface area contributed by atoms with E-state index in [2.05, 4.69) is 11.9 Å². The Hall–Kier alpha value is -2.01. The van der Waals surface area contributed by atoms with Gasteiger partial charge in [-0.15, -0.1) is 6.58 Å². The Morgan fingerprint density at radius 1 is 1.56 bits per heavy atom. The van der Waals surface area contributed by atoms with Gasteiger partial charge < -0.3 is 19.9 Å². The molecule has 0 saturated carbocycles. The van der Waals surface area contributed by atoms with Crippen molar-refractivity contribution in [1.82, 2.24) is 5.32 Å². The molecule has 0 fully saturated rings. The zero-order valence-corrected chi connectivity index (χ0v) is 10.3. The van der Waals surface area contributed by atoms with E-state index in [4.69, 9.17) is 9.47 Å². The second-order valence-electron chi connectivity index (χ2n) is 3.51. The second kappa shape index (κ2) is 7.34. The van der Waals surface area contributed by atoms with Crippen LogP contribution in [0.5, 0.6) is 11.5 Å². The van der Waals surface area contributed by atoms with Crippen molar-refractivity contribution in [3.8, 4) is 11.5 Å². The topological polar surface area (TPSA) is 67.8 Å². The molecule has 0 aliphatic carbocycles. The molecule has 98 valence electrons. The Bertz CT molecular complexity index is 417. The minimum atomic E-state index is -0.241. The molecule has 0 spiro atoms. The maximum atomic E-state index is 11.3. The molecule has 1 rings (SSSR count). The average Bonchev–Trinajstić information content (AvgIpc) is 2.42. The summed E-state index contributed by atoms with van der Waals surface area (Å²) in [4.78, 5) is 11.3. The third kappa shape index (κ3) is 4.10. The summed E-state index contributed by atoms with van der Waals surface area (Å²) in [6.07, 6.45) is 1.59. The van der Waals surface area contributed by atoms with Crippen LogP contribution in [0, 0.1) is 0 Å². The van der Waals surface area contributed by atoms with Crippen LogP contribution >= 0.6 is 0 Å². The number of hydrogen-bond acceptors (Lipinski definition) is 4. The van der Waals surface area contributed by atoms with Crippen LogP contribution in [-0.2, 0) is 11.4 Å². The lowest BCUT2D eigenvalue weighted by molar-refractivity contribution is -0.122. The standard InChI is InChI=1S/C13H17NO4/c1-3-6-14-13(16)9-18-12-5-4-11(17-2)7-10(12)8-15/h3-5,7,15H,1,6,8-9H2,2H3,(H,14,16). The first-order chi connectivity index (χ1) is 8.71. The molecular formula is C13H17NO4. The molecular weight excluding hydrogens is 234 g/mol. The summed E-state index contributed by atoms with van der Waals surface area (Å²) in [6, 6.07) is 5.03. The molecule has 0 aliphatic heterocycles. The molecule has 1 amide bonds. The number of nitrogens with one attached hydrogen (secondary N) is 1. The summed E-state index contributed by atoms with van der Waals surface area (Å²) >= 11 is 0. The number of aliphatic hydroxyl groups excluding tert-OH is 1. The van der Waals surface area contributed by atoms with Crippen molar-refractivity contribution in [3.05, 3.63) is 36.4 Å². The van der Waals surface area contributed by atoms with Crippen LogP contribution in [0.15, 0.2) is 30.9 Å². The fraction of sp³-hybridized carbons (Fsp3) is 0.308. The van der Waals surface area contributed by atoms with Gasteiger partial charge in [0, 0.05) is 12.1 Å². The van der Waals surface area contributed by atoms with E-state index in [1.54, 1.807) is 31.4 Å². The van der Waals surface area contributed by atoms with Gasteiger partial charge in [0.05, 0.1) is 13.7 Å². The van der Waals surface area contributed by atoms with Gasteiger partial charge in [0.15, 0.2) is 6.61 Å². The van der Waals surface area contributed by atoms with Crippen LogP contribution in [0.25, 0.3) is 0 Å². The number of rotatable bonds is 7. The number of carbonyl (C=O) groups excluding carboxylic acids is 1. The molecule has 5 nitrogen and oxygen atoms in total. The predicted octanol–water partition coefficient (Wildman–Crippen LogP) is 0.868. The average molecular weight is 251 g/mol. The number of carbonyl (C=O) groups is 1. The highest BCUT2D eigenvalue weighted by atomic mass is 16.5. The molecule has 0 heterocycles. The Morgan fingerprint density at radius 3 is 2.94 bits per heavy atom. The summed E-state index contributed by atoms with van der Waals surface area (Å²) < 4.78 is 10.4. The van der Waals surface area contributed by atoms with E-state index in [0.29, 0.717) is 23.6 Å². The van der Waals surface area contributed by atoms with E-state index in [1.165, 1.54) is 0 Å². The van der Waals surface area contributed by atoms with E-state index >= 15 is 0 Å². The van der Waals surface area contributed by atoms with Crippen molar-refractivity contribution in [2.75, 3.05) is 20.3 Å². The van der Waals surface area contributed by atoms with Gasteiger partial charge in [-0.1, -0.05) is 6.08 Å². The lowest BCUT2D eigenvalue weighted by Crippen LogP contribution is -2.28. The molecule has 2 N–H and O–H groups in total. The number of methoxy groups -OCH3 is 1. The highest BCUT2D eigenvalue weighted by Gasteiger charge is 2.07. The predicted molar refractivity (Wildman–Crippen MR) is 67.6 cm³/mol. The van der Waals surface area contributed by atoms with Gasteiger partial charge in [-0.05, 0) is 18.2 Å². The van der Waals surface area contributed by atoms with Crippen LogP contribution in [0.1, 0.15) is 5.56 Å². The molecule has 18 heavy (non-hydrogen) atoms. The van der Waals surface area contributed by atoms with Crippen molar-refractivity contribution in [1.29, 1.82) is 0 Å². The zero-order valence-electron chi connectivity index (χ0n) is 10.3. The van der Waals surface area contributed by atoms with Gasteiger partial charge in [0.2, 0.25) is 0 Å². The lowest BCUT2D eigenvalue weighted by atomic mass is 10.2. The molecule has 0 unspecified atom stereocenters. The first-order valence-electron chi connectivity index (χ1n) is 5.49. The molecule has 0 aromatic heterocycles. The van der Waals surface area contributed by atoms with Crippen LogP contribution in [-0.4, -0.2) is 31.3 Å². The smallest absolute Gasteiger partial charge is 0.258 e. The molecule has 0 bridgehead atoms. The highest BCUT2D eigenvalue weighted by Crippen LogP contribution is 2.24. The minimum absolute atomic E-state index is 0.104. The van der Waals surface area contributed by atoms with Crippen molar-refractivity contribution in [3.63, 3.8) is 0 Å². The van der Waals surface area contributed by atoms with E-state index in [0.717, 1.165) is 0 Å². The lowest BCUT2D eigenvalue weighted by Gasteiger charge is -2.11. The molecule has 0 atom stereocenters. The molecule has 5 heteroatoms. The summed E-state index contributed by atoms with van der Waals surface area (Å²) in [5, 5.41) is 11.8. The van der Waals surface area contributed by atoms with Crippen molar-refractivity contribution < 1.29 is 19.4 Å². The first-order valence-corrected chi connectivity index (χ1v) is 5.49. The molecule has 0 saturated heterocycles. The number of aliphatic hydroxyl groups is 1. The first kappa shape index (κ1) is 14.1. The summed E-state index contributed by atoms with van der Waals surface area (Å²) in [5.74, 6) is 0.851. The fourth-order valence-electron chi connectivity index (χ4n) is 1.33. The van der Waals surface area contributed by atoms with Gasteiger partial charge >= 0.3 is 0 Å². The highest BCUT2D eigenvalue weighted by molar-refractivity contribution is 5.77. The van der Waals surface area contributed by atoms with E-state index in [1.807, 2.05) is 0 Å². The fourth-order valence-corrected chi connectivity index (χ4v) is 1.33. The molecule has 1 aromatic rings. The zero-order chi connectivity index (χ0) is 13.4. The van der Waals surface area contributed by atoms with Gasteiger partial charge in [0.25, 0.3) is 5.91 Å². The summed E-state index contributed by atoms with van der Waals surface area (Å²) in [7, 11) is 1.54. The summed E-state index contributed by atoms with van der Waals surface area (Å²) in [6.45, 7) is 3.61. The quantitative estimate of drug-likeness (QED) is 0.706. The third-order valence-electron chi connectivity index (χ3n) is 2.24. The maximum Gasteiger partial charge on any atom is 0.258 e. The Kier molecular flexibility index (Phi) is 5.73. The van der Waals surface area contributed by atoms with Gasteiger partial charge in [-0.25, -0.2) is 0 Å². The summed E-state index contributed by atoms with van der Waals surface area (Å²) in [5.41, 5.74) is 0.575. The second-order valence-corrected chi connectivity index (χ2v) is 3.51. The van der Waals surface area contributed by atoms with Crippen LogP contribution in [0.4, 0.5) is 0 Å². The largest absolute Gasteiger partial charge is 0.497 e. The molecule has 0 aliphatic rings. The normalized spacial score (nSPS) is 9.67. The van der Waals surface area contributed by atoms with Crippen molar-refractivity contribution in [2.24, 2.45) is 0 Å². The van der Waals surface area contributed by atoms with Crippen LogP contribution in [0.2, 0.25) is 0 Å². The van der Waals surface area contributed by atoms with Gasteiger partial charge in [-0.3, -0.25) is 4.79 Å². The number of amides is 1. The van der Waals surface area contributed by atoms with E-state index < -0.39 is 0 Å². The molecule has 0 radical (unpaired) electrons. The number of benzene rings is 1. The van der Waals surface area contributed by atoms with Gasteiger partial charge in [0.1, 0.15) is 11.5 Å². The Morgan fingerprint density at radius 2 is 2.33 bits per heavy atom. The number of hydrogen-bond donors (Lipinski definition) is 2. The maximum absolute atomic E-state index is 11.3. The number of ether oxygens (including phenoxy) is 2. The van der Waals surface area contributed by atoms with Crippen LogP contribution < -0.4 is 14.8 Å². The minimum Gasteiger partial charge on any atom is -0.497 e. The Balaban J connectivity index is 2.61. The monoisotopic (exact) mass is 251 g/mol. The van der Waals surface area contributed by atoms with Gasteiger partial charge in [-0.2, -0.15) is 0 Å². The van der Waals surface area contributed by atoms with Crippen molar-refractivity contribution >= 4 is 5.91 Å². The van der Waals surface area contributed by atoms with Crippen molar-refractivity contribution in [2.45, 2.75) is 6.61 Å². The van der Waals surface area contributed by atoms with E-state index in [-0.39, 0.29) is 19.1 Å². The molecule has 1 aromatic carbocycles. The third-order valence-corrected chi connectivity index (χ3v) is 2.24. The Labute approximate surface area is 106 Å². The van der Waals surface area contributed by atoms with E-state index in [9.17, 15) is 9.90 Å².